The smallest absolute Gasteiger partial charge is 0.446 e. The van der Waals surface area contributed by atoms with Crippen molar-refractivity contribution >= 4 is 52.5 Å². The Balaban J connectivity index is 0.000000151. The quantitative estimate of drug-likeness (QED) is 0.0552. The van der Waals surface area contributed by atoms with Gasteiger partial charge >= 0.3 is 22.2 Å². The van der Waals surface area contributed by atoms with Crippen LogP contribution < -0.4 is 55.6 Å². The minimum Gasteiger partial charge on any atom is -0.496 e. The number of aromatic nitrogens is 6. The highest BCUT2D eigenvalue weighted by molar-refractivity contribution is 8.00. The lowest BCUT2D eigenvalue weighted by Crippen LogP contribution is -2.51. The van der Waals surface area contributed by atoms with E-state index in [0.717, 1.165) is 33.4 Å². The molecule has 25 nitrogen and oxygen atoms in total. The summed E-state index contributed by atoms with van der Waals surface area (Å²) in [5.41, 5.74) is 4.16. The average Bonchev–Trinajstić information content (AvgIpc) is 1.38. The molecule has 0 radical (unpaired) electrons. The first-order valence-electron chi connectivity index (χ1n) is 42.8. The maximum absolute atomic E-state index is 14.2. The van der Waals surface area contributed by atoms with Crippen molar-refractivity contribution in [3.8, 4) is 40.1 Å². The predicted octanol–water partition coefficient (Wildman–Crippen LogP) is 16.1. The Morgan fingerprint density at radius 3 is 1.22 bits per heavy atom. The normalized spacial score (nSPS) is 13.4. The van der Waals surface area contributed by atoms with Crippen molar-refractivity contribution in [2.24, 2.45) is 0 Å². The standard InChI is InChI=1S/C39H40N4O4.C35H29F3N4O3S.C28H27N5O5/c1-39(2,3)30-20-21-34(46-4)32(26-30)37(44)42-24-22-41(23-25-42)33-27-40-43(31-18-12-7-13-19-31)38(45)36(33)47-35(28-14-8-5-9-15-28)29-16-10-6-11-17-29;36-35(37,38)46-29-18-10-15-27(23-29)33(43)41-21-19-40(20-22-41)30-24-39-42(28-16-8-3-9-17-28)34(44)32(30)45-31(25-11-4-1-5-12-25)26-13-6-2-7-14-26;34-25(19-29-27(35)24-12-7-17-37-24)32-15-13-31(14-16-32)23-18-30-33(22-10-5-2-6-11-22)28(36)26(23)38-20-21-8-3-1-4-9-21/h5-21,26-27,35H,22-25H2,1-4H3;1-18,23-24,31H,19-22H2;1-12,17-18H,13-16,19-20H2,(H,29,35). The fraction of sp³-hybridized carbons (Fsp3) is 0.216. The minimum atomic E-state index is -4.45. The third-order valence-corrected chi connectivity index (χ3v) is 23.1. The minimum absolute atomic E-state index is 0.0461. The third-order valence-electron chi connectivity index (χ3n) is 22.4. The average molecular weight is 1790 g/mol. The van der Waals surface area contributed by atoms with Crippen molar-refractivity contribution in [3.05, 3.63) is 403 Å². The molecule has 0 saturated carbocycles. The van der Waals surface area contributed by atoms with E-state index in [1.165, 1.54) is 50.6 Å². The summed E-state index contributed by atoms with van der Waals surface area (Å²) >= 11 is -0.251. The lowest BCUT2D eigenvalue weighted by atomic mass is 9.86. The van der Waals surface area contributed by atoms with Gasteiger partial charge in [-0.2, -0.15) is 42.5 Å². The Bertz CT molecular complexity index is 6310. The van der Waals surface area contributed by atoms with Crippen LogP contribution in [-0.2, 0) is 16.8 Å². The van der Waals surface area contributed by atoms with Gasteiger partial charge in [-0.15, -0.1) is 0 Å². The van der Waals surface area contributed by atoms with Gasteiger partial charge in [-0.1, -0.05) is 239 Å². The van der Waals surface area contributed by atoms with E-state index in [4.69, 9.17) is 23.4 Å². The van der Waals surface area contributed by atoms with E-state index in [0.29, 0.717) is 111 Å². The largest absolute Gasteiger partial charge is 0.496 e. The monoisotopic (exact) mass is 1780 g/mol. The van der Waals surface area contributed by atoms with Gasteiger partial charge in [0.05, 0.1) is 61.1 Å². The molecule has 3 fully saturated rings. The van der Waals surface area contributed by atoms with Crippen molar-refractivity contribution in [1.29, 1.82) is 0 Å². The molecule has 3 saturated heterocycles. The number of hydrogen-bond acceptors (Lipinski definition) is 19. The zero-order valence-corrected chi connectivity index (χ0v) is 73.3. The van der Waals surface area contributed by atoms with Crippen LogP contribution in [0.25, 0.3) is 17.1 Å². The van der Waals surface area contributed by atoms with Crippen LogP contribution in [0.4, 0.5) is 30.2 Å². The van der Waals surface area contributed by atoms with Crippen LogP contribution in [0.2, 0.25) is 0 Å². The van der Waals surface area contributed by atoms with Crippen molar-refractivity contribution in [3.63, 3.8) is 0 Å². The number of methoxy groups -OCH3 is 1. The zero-order chi connectivity index (χ0) is 91.4. The van der Waals surface area contributed by atoms with E-state index in [1.807, 2.05) is 263 Å². The first kappa shape index (κ1) is 90.5. The number of piperazine rings is 3. The molecule has 14 aromatic rings. The summed E-state index contributed by atoms with van der Waals surface area (Å²) in [6, 6.07) is 90.8. The second-order valence-corrected chi connectivity index (χ2v) is 33.1. The molecule has 0 spiro atoms. The summed E-state index contributed by atoms with van der Waals surface area (Å²) in [4.78, 5) is 105. The zero-order valence-electron chi connectivity index (χ0n) is 72.5. The third kappa shape index (κ3) is 22.5. The molecule has 3 aliphatic rings. The number of para-hydroxylation sites is 3. The molecule has 10 aromatic carbocycles. The molecule has 7 heterocycles. The van der Waals surface area contributed by atoms with Crippen molar-refractivity contribution in [1.82, 2.24) is 49.4 Å². The highest BCUT2D eigenvalue weighted by Crippen LogP contribution is 2.40. The van der Waals surface area contributed by atoms with Gasteiger partial charge in [-0.05, 0) is 129 Å². The molecule has 0 bridgehead atoms. The molecular formula is C102H96F3N13O12S. The number of carbonyl (C=O) groups excluding carboxylic acids is 4. The van der Waals surface area contributed by atoms with E-state index in [-0.39, 0.29) is 106 Å². The maximum atomic E-state index is 14.2. The predicted molar refractivity (Wildman–Crippen MR) is 497 cm³/mol. The van der Waals surface area contributed by atoms with Crippen LogP contribution in [0.15, 0.2) is 346 Å². The van der Waals surface area contributed by atoms with Crippen molar-refractivity contribution in [2.75, 3.05) is 107 Å². The second kappa shape index (κ2) is 42.1. The van der Waals surface area contributed by atoms with Gasteiger partial charge in [0, 0.05) is 89.0 Å². The summed E-state index contributed by atoms with van der Waals surface area (Å²) in [5.74, 6) is 0.190. The van der Waals surface area contributed by atoms with Gasteiger partial charge in [0.2, 0.25) is 23.2 Å². The molecular weight excluding hydrogens is 1690 g/mol. The molecule has 4 aromatic heterocycles. The van der Waals surface area contributed by atoms with Crippen LogP contribution in [0.3, 0.4) is 0 Å². The van der Waals surface area contributed by atoms with Gasteiger partial charge in [0.1, 0.15) is 41.6 Å². The van der Waals surface area contributed by atoms with Gasteiger partial charge in [0.15, 0.2) is 5.76 Å². The summed E-state index contributed by atoms with van der Waals surface area (Å²) < 4.78 is 72.9. The summed E-state index contributed by atoms with van der Waals surface area (Å²) in [6.07, 6.45) is 5.22. The molecule has 1 N–H and O–H groups in total. The fourth-order valence-electron chi connectivity index (χ4n) is 15.5. The van der Waals surface area contributed by atoms with E-state index < -0.39 is 29.2 Å². The Labute approximate surface area is 759 Å². The number of thioether (sulfide) groups is 1. The highest BCUT2D eigenvalue weighted by atomic mass is 32.2. The van der Waals surface area contributed by atoms with Gasteiger partial charge in [-0.3, -0.25) is 33.6 Å². The number of ether oxygens (including phenoxy) is 4. The Morgan fingerprint density at radius 1 is 0.435 bits per heavy atom. The number of hydrogen-bond donors (Lipinski definition) is 1. The molecule has 131 heavy (non-hydrogen) atoms. The van der Waals surface area contributed by atoms with Crippen LogP contribution >= 0.6 is 11.8 Å². The van der Waals surface area contributed by atoms with Gasteiger partial charge in [0.25, 0.3) is 17.7 Å². The topological polar surface area (TPSA) is 254 Å². The van der Waals surface area contributed by atoms with E-state index in [2.05, 4.69) is 46.3 Å². The number of nitrogens with zero attached hydrogens (tertiary/aromatic N) is 12. The highest BCUT2D eigenvalue weighted by Gasteiger charge is 2.35. The number of carbonyl (C=O) groups is 4. The van der Waals surface area contributed by atoms with Gasteiger partial charge in [-0.25, -0.2) is 0 Å². The lowest BCUT2D eigenvalue weighted by molar-refractivity contribution is -0.130. The van der Waals surface area contributed by atoms with Gasteiger partial charge < -0.3 is 58.1 Å². The number of furan rings is 1. The van der Waals surface area contributed by atoms with Crippen LogP contribution in [0.5, 0.6) is 23.0 Å². The van der Waals surface area contributed by atoms with Crippen molar-refractivity contribution < 1.29 is 55.7 Å². The van der Waals surface area contributed by atoms with Crippen LogP contribution in [-0.4, -0.2) is 165 Å². The number of benzene rings is 10. The molecule has 29 heteroatoms. The van der Waals surface area contributed by atoms with E-state index >= 15 is 0 Å². The van der Waals surface area contributed by atoms with Crippen LogP contribution in [0, 0.1) is 0 Å². The lowest BCUT2D eigenvalue weighted by Gasteiger charge is -2.37. The molecule has 668 valence electrons. The Kier molecular flexibility index (Phi) is 29.1. The second-order valence-electron chi connectivity index (χ2n) is 32.0. The number of alkyl halides is 3. The Hall–Kier alpha value is -15.3. The molecule has 4 amide bonds. The molecule has 3 aliphatic heterocycles. The number of nitrogens with one attached hydrogen (secondary N) is 1. The van der Waals surface area contributed by atoms with E-state index in [9.17, 15) is 46.7 Å². The summed E-state index contributed by atoms with van der Waals surface area (Å²) in [7, 11) is 1.59. The number of amides is 4. The first-order valence-corrected chi connectivity index (χ1v) is 43.6. The number of rotatable bonds is 24. The summed E-state index contributed by atoms with van der Waals surface area (Å²) in [6.45, 7) is 11.5. The molecule has 0 unspecified atom stereocenters. The fourth-order valence-corrected chi connectivity index (χ4v) is 16.1. The number of halogens is 3. The SMILES string of the molecule is COc1ccc(C(C)(C)C)cc1C(=O)N1CCN(c2cnn(-c3ccccc3)c(=O)c2OC(c2ccccc2)c2ccccc2)CC1.O=C(NCC(=O)N1CCN(c2cnn(-c3ccccc3)c(=O)c2OCc2ccccc2)CC1)c1ccco1.O=C(c1cccc(SC(F)(F)F)c1)N1CCN(c2cnn(-c3ccccc3)c(=O)c2OC(c2ccccc2)c2ccccc2)CC1. The number of anilines is 3. The maximum Gasteiger partial charge on any atom is 0.446 e. The first-order chi connectivity index (χ1) is 63.6. The van der Waals surface area contributed by atoms with Crippen molar-refractivity contribution in [2.45, 2.75) is 55.4 Å². The Morgan fingerprint density at radius 2 is 0.824 bits per heavy atom. The molecule has 17 rings (SSSR count). The summed E-state index contributed by atoms with van der Waals surface area (Å²) in [5, 5.41) is 16.1. The molecule has 0 aliphatic carbocycles. The van der Waals surface area contributed by atoms with Crippen LogP contribution in [0.1, 0.15) is 97.6 Å². The van der Waals surface area contributed by atoms with E-state index in [1.54, 1.807) is 53.7 Å². The molecule has 0 atom stereocenters.